The molecule has 2 aliphatic heterocycles. The molecule has 0 aromatic heterocycles. The predicted octanol–water partition coefficient (Wildman–Crippen LogP) is 1.63. The lowest BCUT2D eigenvalue weighted by atomic mass is 10.0. The number of hydrogen-bond donors (Lipinski definition) is 2. The molecule has 0 saturated carbocycles. The summed E-state index contributed by atoms with van der Waals surface area (Å²) in [7, 11) is 0. The van der Waals surface area contributed by atoms with Gasteiger partial charge in [0.15, 0.2) is 0 Å². The van der Waals surface area contributed by atoms with Gasteiger partial charge in [-0.05, 0) is 25.9 Å². The quantitative estimate of drug-likeness (QED) is 0.756. The molecule has 2 rings (SSSR count). The molecule has 2 N–H and O–H groups in total. The number of hydrogen-bond acceptors (Lipinski definition) is 4. The molecular weight excluding hydrogens is 334 g/mol. The Hall–Kier alpha value is -1.07. The first-order valence-electron chi connectivity index (χ1n) is 6.92. The van der Waals surface area contributed by atoms with Gasteiger partial charge in [-0.3, -0.25) is 4.90 Å². The summed E-state index contributed by atoms with van der Waals surface area (Å²) in [6.45, 7) is 1.71. The molecule has 0 amide bonds. The van der Waals surface area contributed by atoms with Crippen molar-refractivity contribution in [2.75, 3.05) is 32.8 Å². The van der Waals surface area contributed by atoms with Crippen molar-refractivity contribution in [2.45, 2.75) is 37.3 Å². The standard InChI is InChI=1S/C10H17F3N2O.C2HF3O2/c11-10(12,13)7-15(9-5-16-6-9)8-1-3-14-4-2-8;3-2(4,5)1(6)7/h8-9,14H,1-7H2;(H,6,7). The monoisotopic (exact) mass is 352 g/mol. The number of nitrogens with one attached hydrogen (secondary N) is 1. The fraction of sp³-hybridized carbons (Fsp3) is 0.917. The molecule has 2 fully saturated rings. The summed E-state index contributed by atoms with van der Waals surface area (Å²) >= 11 is 0. The number of ether oxygens (including phenoxy) is 1. The summed E-state index contributed by atoms with van der Waals surface area (Å²) in [5, 5.41) is 10.3. The second-order valence-corrected chi connectivity index (χ2v) is 5.26. The van der Waals surface area contributed by atoms with E-state index >= 15 is 0 Å². The lowest BCUT2D eigenvalue weighted by molar-refractivity contribution is -0.192. The van der Waals surface area contributed by atoms with Crippen LogP contribution in [0.5, 0.6) is 0 Å². The van der Waals surface area contributed by atoms with Crippen LogP contribution in [0.3, 0.4) is 0 Å². The molecule has 0 spiro atoms. The van der Waals surface area contributed by atoms with Crippen LogP contribution in [0.1, 0.15) is 12.8 Å². The van der Waals surface area contributed by atoms with E-state index in [2.05, 4.69) is 5.32 Å². The highest BCUT2D eigenvalue weighted by atomic mass is 19.4. The van der Waals surface area contributed by atoms with Gasteiger partial charge in [-0.2, -0.15) is 26.3 Å². The molecule has 0 radical (unpaired) electrons. The van der Waals surface area contributed by atoms with Gasteiger partial charge in [0, 0.05) is 6.04 Å². The van der Waals surface area contributed by atoms with E-state index in [0.717, 1.165) is 25.9 Å². The van der Waals surface area contributed by atoms with Crippen LogP contribution in [0, 0.1) is 0 Å². The number of halogens is 6. The minimum Gasteiger partial charge on any atom is -0.475 e. The zero-order valence-electron chi connectivity index (χ0n) is 12.1. The van der Waals surface area contributed by atoms with Crippen LogP contribution in [0.2, 0.25) is 0 Å². The van der Waals surface area contributed by atoms with Gasteiger partial charge in [-0.15, -0.1) is 0 Å². The fourth-order valence-corrected chi connectivity index (χ4v) is 2.32. The highest BCUT2D eigenvalue weighted by molar-refractivity contribution is 5.73. The first kappa shape index (κ1) is 20.0. The van der Waals surface area contributed by atoms with E-state index < -0.39 is 24.9 Å². The molecule has 0 aromatic rings. The fourth-order valence-electron chi connectivity index (χ4n) is 2.32. The van der Waals surface area contributed by atoms with E-state index in [1.165, 1.54) is 0 Å². The number of carboxylic acids is 1. The molecule has 11 heteroatoms. The third-order valence-corrected chi connectivity index (χ3v) is 3.47. The zero-order chi connectivity index (χ0) is 17.7. The van der Waals surface area contributed by atoms with Gasteiger partial charge < -0.3 is 15.2 Å². The van der Waals surface area contributed by atoms with Crippen molar-refractivity contribution in [3.63, 3.8) is 0 Å². The average Bonchev–Trinajstić information content (AvgIpc) is 2.35. The summed E-state index contributed by atoms with van der Waals surface area (Å²) in [6.07, 6.45) is -7.60. The van der Waals surface area contributed by atoms with Crippen LogP contribution >= 0.6 is 0 Å². The smallest absolute Gasteiger partial charge is 0.475 e. The summed E-state index contributed by atoms with van der Waals surface area (Å²) in [4.78, 5) is 10.5. The van der Waals surface area contributed by atoms with Crippen molar-refractivity contribution in [1.29, 1.82) is 0 Å². The summed E-state index contributed by atoms with van der Waals surface area (Å²) < 4.78 is 74.2. The second kappa shape index (κ2) is 8.15. The van der Waals surface area contributed by atoms with E-state index in [9.17, 15) is 26.3 Å². The van der Waals surface area contributed by atoms with Crippen LogP contribution in [0.4, 0.5) is 26.3 Å². The number of rotatable bonds is 3. The van der Waals surface area contributed by atoms with Crippen molar-refractivity contribution in [3.05, 3.63) is 0 Å². The lowest BCUT2D eigenvalue weighted by Crippen LogP contribution is -2.58. The number of piperidine rings is 1. The SMILES string of the molecule is FC(F)(F)CN(C1CCNCC1)C1COC1.O=C(O)C(F)(F)F. The van der Waals surface area contributed by atoms with E-state index in [4.69, 9.17) is 14.6 Å². The van der Waals surface area contributed by atoms with Gasteiger partial charge >= 0.3 is 18.3 Å². The highest BCUT2D eigenvalue weighted by Gasteiger charge is 2.40. The van der Waals surface area contributed by atoms with Gasteiger partial charge in [0.25, 0.3) is 0 Å². The first-order chi connectivity index (χ1) is 10.5. The molecule has 0 aromatic carbocycles. The minimum atomic E-state index is -5.08. The number of carbonyl (C=O) groups is 1. The summed E-state index contributed by atoms with van der Waals surface area (Å²) in [5.74, 6) is -2.76. The molecule has 2 heterocycles. The molecule has 2 aliphatic rings. The summed E-state index contributed by atoms with van der Waals surface area (Å²) in [6, 6.07) is 0.0153. The third-order valence-electron chi connectivity index (χ3n) is 3.47. The Labute approximate surface area is 128 Å². The maximum absolute atomic E-state index is 12.5. The van der Waals surface area contributed by atoms with Gasteiger partial charge in [0.1, 0.15) is 0 Å². The van der Waals surface area contributed by atoms with Crippen molar-refractivity contribution in [3.8, 4) is 0 Å². The molecule has 0 bridgehead atoms. The molecule has 0 unspecified atom stereocenters. The maximum Gasteiger partial charge on any atom is 0.490 e. The van der Waals surface area contributed by atoms with Crippen LogP contribution < -0.4 is 5.32 Å². The topological polar surface area (TPSA) is 61.8 Å². The number of nitrogens with zero attached hydrogens (tertiary/aromatic N) is 1. The average molecular weight is 352 g/mol. The Bertz CT molecular complexity index is 378. The van der Waals surface area contributed by atoms with Gasteiger partial charge in [-0.25, -0.2) is 4.79 Å². The summed E-state index contributed by atoms with van der Waals surface area (Å²) in [5.41, 5.74) is 0. The van der Waals surface area contributed by atoms with E-state index in [1.54, 1.807) is 4.90 Å². The number of carboxylic acid groups (broad SMARTS) is 1. The van der Waals surface area contributed by atoms with Crippen molar-refractivity contribution >= 4 is 5.97 Å². The normalized spacial score (nSPS) is 20.7. The van der Waals surface area contributed by atoms with Crippen LogP contribution in [0.15, 0.2) is 0 Å². The lowest BCUT2D eigenvalue weighted by Gasteiger charge is -2.43. The van der Waals surface area contributed by atoms with E-state index in [0.29, 0.717) is 13.2 Å². The third kappa shape index (κ3) is 7.36. The Balaban J connectivity index is 0.000000322. The minimum absolute atomic E-state index is 0.0373. The van der Waals surface area contributed by atoms with Crippen molar-refractivity contribution < 1.29 is 41.0 Å². The van der Waals surface area contributed by atoms with Crippen LogP contribution in [0.25, 0.3) is 0 Å². The Morgan fingerprint density at radius 2 is 1.57 bits per heavy atom. The number of alkyl halides is 6. The Morgan fingerprint density at radius 3 is 1.87 bits per heavy atom. The molecular formula is C12H18F6N2O3. The molecule has 5 nitrogen and oxygen atoms in total. The highest BCUT2D eigenvalue weighted by Crippen LogP contribution is 2.25. The molecule has 0 aliphatic carbocycles. The second-order valence-electron chi connectivity index (χ2n) is 5.26. The first-order valence-corrected chi connectivity index (χ1v) is 6.92. The van der Waals surface area contributed by atoms with Crippen molar-refractivity contribution in [1.82, 2.24) is 10.2 Å². The Morgan fingerprint density at radius 1 is 1.09 bits per heavy atom. The van der Waals surface area contributed by atoms with E-state index in [-0.39, 0.29) is 12.1 Å². The van der Waals surface area contributed by atoms with Gasteiger partial charge in [0.05, 0.1) is 25.8 Å². The number of aliphatic carboxylic acids is 1. The van der Waals surface area contributed by atoms with Crippen molar-refractivity contribution in [2.24, 2.45) is 0 Å². The molecule has 2 saturated heterocycles. The zero-order valence-corrected chi connectivity index (χ0v) is 12.1. The Kier molecular flexibility index (Phi) is 7.08. The molecule has 23 heavy (non-hydrogen) atoms. The predicted molar refractivity (Wildman–Crippen MR) is 67.0 cm³/mol. The van der Waals surface area contributed by atoms with Gasteiger partial charge in [-0.1, -0.05) is 0 Å². The molecule has 0 atom stereocenters. The van der Waals surface area contributed by atoms with E-state index in [1.807, 2.05) is 0 Å². The van der Waals surface area contributed by atoms with Gasteiger partial charge in [0.2, 0.25) is 0 Å². The largest absolute Gasteiger partial charge is 0.490 e. The molecule has 136 valence electrons. The van der Waals surface area contributed by atoms with Crippen LogP contribution in [-0.4, -0.2) is 73.3 Å². The maximum atomic E-state index is 12.5. The van der Waals surface area contributed by atoms with Crippen LogP contribution in [-0.2, 0) is 9.53 Å².